The predicted octanol–water partition coefficient (Wildman–Crippen LogP) is 2.08. The molecule has 27 heavy (non-hydrogen) atoms. The number of carbonyl (C=O) groups excluding carboxylic acids is 2. The lowest BCUT2D eigenvalue weighted by atomic mass is 10.2. The van der Waals surface area contributed by atoms with Crippen molar-refractivity contribution in [2.75, 3.05) is 32.7 Å². The summed E-state index contributed by atoms with van der Waals surface area (Å²) in [5.74, 6) is 0.323. The summed E-state index contributed by atoms with van der Waals surface area (Å²) in [5.41, 5.74) is 1.18. The fraction of sp³-hybridized carbons (Fsp3) is 0.368. The summed E-state index contributed by atoms with van der Waals surface area (Å²) < 4.78 is 5.12. The van der Waals surface area contributed by atoms with E-state index in [9.17, 15) is 9.59 Å². The minimum atomic E-state index is -0.518. The van der Waals surface area contributed by atoms with Crippen molar-refractivity contribution in [1.29, 1.82) is 0 Å². The number of piperazine rings is 1. The lowest BCUT2D eigenvalue weighted by Crippen LogP contribution is -2.50. The van der Waals surface area contributed by atoms with Crippen molar-refractivity contribution in [3.05, 3.63) is 59.0 Å². The summed E-state index contributed by atoms with van der Waals surface area (Å²) in [6.45, 7) is 4.59. The lowest BCUT2D eigenvalue weighted by Gasteiger charge is -2.34. The van der Waals surface area contributed by atoms with Crippen molar-refractivity contribution in [3.63, 3.8) is 0 Å². The second kappa shape index (κ2) is 9.55. The molecule has 1 aromatic carbocycles. The van der Waals surface area contributed by atoms with Crippen LogP contribution in [0.1, 0.15) is 11.3 Å². The molecule has 1 aliphatic rings. The van der Waals surface area contributed by atoms with Gasteiger partial charge < -0.3 is 9.73 Å². The molecule has 3 amide bonds. The fourth-order valence-electron chi connectivity index (χ4n) is 2.99. The number of furan rings is 1. The Balaban J connectivity index is 1.34. The van der Waals surface area contributed by atoms with Crippen molar-refractivity contribution in [2.24, 2.45) is 0 Å². The van der Waals surface area contributed by atoms with Crippen LogP contribution < -0.4 is 10.6 Å². The second-order valence-electron chi connectivity index (χ2n) is 6.49. The number of amides is 3. The van der Waals surface area contributed by atoms with Gasteiger partial charge in [0.2, 0.25) is 5.91 Å². The molecule has 0 bridgehead atoms. The van der Waals surface area contributed by atoms with E-state index in [1.165, 1.54) is 11.8 Å². The molecule has 3 rings (SSSR count). The summed E-state index contributed by atoms with van der Waals surface area (Å²) in [6, 6.07) is 10.8. The maximum atomic E-state index is 12.0. The maximum Gasteiger partial charge on any atom is 0.321 e. The van der Waals surface area contributed by atoms with Crippen LogP contribution in [0, 0.1) is 0 Å². The third-order valence-electron chi connectivity index (χ3n) is 4.38. The molecule has 0 radical (unpaired) electrons. The van der Waals surface area contributed by atoms with Crippen LogP contribution >= 0.6 is 11.6 Å². The maximum absolute atomic E-state index is 12.0. The molecule has 1 fully saturated rings. The molecule has 0 atom stereocenters. The summed E-state index contributed by atoms with van der Waals surface area (Å²) in [6.07, 6.45) is 1.53. The van der Waals surface area contributed by atoms with Gasteiger partial charge in [0.1, 0.15) is 5.76 Å². The number of urea groups is 1. The molecule has 0 spiro atoms. The van der Waals surface area contributed by atoms with Gasteiger partial charge in [0.15, 0.2) is 0 Å². The fourth-order valence-corrected chi connectivity index (χ4v) is 3.21. The van der Waals surface area contributed by atoms with Crippen LogP contribution in [0.3, 0.4) is 0 Å². The minimum Gasteiger partial charge on any atom is -0.467 e. The van der Waals surface area contributed by atoms with Crippen LogP contribution in [0.25, 0.3) is 0 Å². The van der Waals surface area contributed by atoms with Crippen LogP contribution in [-0.4, -0.2) is 54.5 Å². The predicted molar refractivity (Wildman–Crippen MR) is 102 cm³/mol. The second-order valence-corrected chi connectivity index (χ2v) is 6.93. The van der Waals surface area contributed by atoms with Crippen molar-refractivity contribution in [3.8, 4) is 0 Å². The van der Waals surface area contributed by atoms with Gasteiger partial charge in [-0.25, -0.2) is 4.79 Å². The Hall–Kier alpha value is -2.35. The average molecular weight is 391 g/mol. The molecule has 7 nitrogen and oxygen atoms in total. The van der Waals surface area contributed by atoms with E-state index >= 15 is 0 Å². The smallest absolute Gasteiger partial charge is 0.321 e. The molecule has 2 N–H and O–H groups in total. The van der Waals surface area contributed by atoms with Gasteiger partial charge in [-0.3, -0.25) is 19.9 Å². The number of nitrogens with zero attached hydrogens (tertiary/aromatic N) is 2. The zero-order valence-corrected chi connectivity index (χ0v) is 15.7. The summed E-state index contributed by atoms with van der Waals surface area (Å²) in [5, 5.41) is 5.68. The molecular weight excluding hydrogens is 368 g/mol. The van der Waals surface area contributed by atoms with Gasteiger partial charge in [-0.2, -0.15) is 0 Å². The summed E-state index contributed by atoms with van der Waals surface area (Å²) in [4.78, 5) is 28.2. The van der Waals surface area contributed by atoms with Crippen molar-refractivity contribution in [2.45, 2.75) is 13.1 Å². The molecule has 144 valence electrons. The van der Waals surface area contributed by atoms with E-state index in [4.69, 9.17) is 16.0 Å². The van der Waals surface area contributed by atoms with Crippen LogP contribution in [-0.2, 0) is 17.9 Å². The van der Waals surface area contributed by atoms with E-state index in [2.05, 4.69) is 21.6 Å². The van der Waals surface area contributed by atoms with E-state index in [1.54, 1.807) is 12.1 Å². The molecule has 0 unspecified atom stereocenters. The average Bonchev–Trinajstić information content (AvgIpc) is 3.15. The van der Waals surface area contributed by atoms with Gasteiger partial charge in [-0.05, 0) is 29.8 Å². The van der Waals surface area contributed by atoms with Crippen LogP contribution in [0.2, 0.25) is 5.02 Å². The molecule has 2 heterocycles. The molecule has 8 heteroatoms. The highest BCUT2D eigenvalue weighted by Crippen LogP contribution is 2.13. The summed E-state index contributed by atoms with van der Waals surface area (Å²) in [7, 11) is 0. The van der Waals surface area contributed by atoms with Gasteiger partial charge in [0.25, 0.3) is 0 Å². The van der Waals surface area contributed by atoms with Gasteiger partial charge in [0.05, 0.1) is 19.4 Å². The Morgan fingerprint density at radius 1 is 1.07 bits per heavy atom. The van der Waals surface area contributed by atoms with E-state index in [0.29, 0.717) is 5.76 Å². The number of nitrogens with one attached hydrogen (secondary N) is 2. The zero-order chi connectivity index (χ0) is 19.1. The molecule has 1 aliphatic heterocycles. The minimum absolute atomic E-state index is 0.208. The Kier molecular flexibility index (Phi) is 6.86. The number of hydrogen-bond donors (Lipinski definition) is 2. The zero-order valence-electron chi connectivity index (χ0n) is 15.0. The van der Waals surface area contributed by atoms with Crippen molar-refractivity contribution in [1.82, 2.24) is 20.4 Å². The van der Waals surface area contributed by atoms with E-state index < -0.39 is 6.03 Å². The van der Waals surface area contributed by atoms with E-state index in [-0.39, 0.29) is 19.0 Å². The van der Waals surface area contributed by atoms with Gasteiger partial charge in [-0.15, -0.1) is 0 Å². The number of hydrogen-bond acceptors (Lipinski definition) is 5. The van der Waals surface area contributed by atoms with E-state index in [1.807, 2.05) is 23.1 Å². The third-order valence-corrected chi connectivity index (χ3v) is 4.62. The Morgan fingerprint density at radius 2 is 1.85 bits per heavy atom. The number of imide groups is 1. The SMILES string of the molecule is O=C(CN1CCN(Cc2cccc(Cl)c2)CC1)NC(=O)NCc1ccco1. The first kappa shape index (κ1) is 19.4. The van der Waals surface area contributed by atoms with Gasteiger partial charge in [0, 0.05) is 37.7 Å². The van der Waals surface area contributed by atoms with Crippen LogP contribution in [0.5, 0.6) is 0 Å². The highest BCUT2D eigenvalue weighted by molar-refractivity contribution is 6.30. The molecule has 1 aromatic heterocycles. The highest BCUT2D eigenvalue weighted by Gasteiger charge is 2.20. The van der Waals surface area contributed by atoms with Crippen molar-refractivity contribution < 1.29 is 14.0 Å². The lowest BCUT2D eigenvalue weighted by molar-refractivity contribution is -0.121. The van der Waals surface area contributed by atoms with Gasteiger partial charge in [-0.1, -0.05) is 23.7 Å². The number of rotatable bonds is 6. The monoisotopic (exact) mass is 390 g/mol. The molecule has 0 saturated carbocycles. The molecule has 2 aromatic rings. The number of carbonyl (C=O) groups is 2. The Labute approximate surface area is 163 Å². The first-order valence-corrected chi connectivity index (χ1v) is 9.25. The highest BCUT2D eigenvalue weighted by atomic mass is 35.5. The molecule has 0 aliphatic carbocycles. The number of halogens is 1. The third kappa shape index (κ3) is 6.39. The standard InChI is InChI=1S/C19H23ClN4O3/c20-16-4-1-3-15(11-16)13-23-6-8-24(9-7-23)14-18(25)22-19(26)21-12-17-5-2-10-27-17/h1-5,10-11H,6-9,12-14H2,(H2,21,22,25,26). The van der Waals surface area contributed by atoms with Crippen molar-refractivity contribution >= 4 is 23.5 Å². The number of benzene rings is 1. The Bertz CT molecular complexity index is 758. The largest absolute Gasteiger partial charge is 0.467 e. The Morgan fingerprint density at radius 3 is 2.56 bits per heavy atom. The first-order valence-electron chi connectivity index (χ1n) is 8.88. The molecular formula is C19H23ClN4O3. The topological polar surface area (TPSA) is 77.8 Å². The quantitative estimate of drug-likeness (QED) is 0.789. The van der Waals surface area contributed by atoms with Crippen LogP contribution in [0.15, 0.2) is 47.1 Å². The normalized spacial score (nSPS) is 15.4. The van der Waals surface area contributed by atoms with Gasteiger partial charge >= 0.3 is 6.03 Å². The summed E-state index contributed by atoms with van der Waals surface area (Å²) >= 11 is 6.03. The van der Waals surface area contributed by atoms with Crippen LogP contribution in [0.4, 0.5) is 4.79 Å². The molecule has 1 saturated heterocycles. The first-order chi connectivity index (χ1) is 13.1. The van der Waals surface area contributed by atoms with E-state index in [0.717, 1.165) is 37.7 Å².